The number of aryl methyl sites for hydroxylation is 1. The average molecular weight is 292 g/mol. The number of benzene rings is 2. The minimum Gasteiger partial charge on any atom is -0.497 e. The molecule has 1 unspecified atom stereocenters. The standard InChI is InChI=1S/C16H18F2N2O/c1-10-7-12(17)4-3-11(10)8-16(20-19)14-6-5-13(21-2)9-15(14)18/h3-7,9,16,20H,8,19H2,1-2H3. The number of ether oxygens (including phenoxy) is 1. The molecule has 5 heteroatoms. The first-order valence-electron chi connectivity index (χ1n) is 6.59. The first-order valence-corrected chi connectivity index (χ1v) is 6.59. The summed E-state index contributed by atoms with van der Waals surface area (Å²) in [5, 5.41) is 0. The molecule has 0 amide bonds. The number of nitrogens with two attached hydrogens (primary N) is 1. The molecule has 0 aliphatic carbocycles. The van der Waals surface area contributed by atoms with Crippen LogP contribution < -0.4 is 16.0 Å². The van der Waals surface area contributed by atoms with E-state index in [1.165, 1.54) is 25.3 Å². The van der Waals surface area contributed by atoms with Crippen LogP contribution >= 0.6 is 0 Å². The maximum atomic E-state index is 14.1. The number of hydrogen-bond donors (Lipinski definition) is 2. The zero-order chi connectivity index (χ0) is 15.4. The smallest absolute Gasteiger partial charge is 0.131 e. The number of halogens is 2. The lowest BCUT2D eigenvalue weighted by Gasteiger charge is -2.19. The van der Waals surface area contributed by atoms with Gasteiger partial charge in [0, 0.05) is 11.6 Å². The Morgan fingerprint density at radius 1 is 1.19 bits per heavy atom. The van der Waals surface area contributed by atoms with Crippen LogP contribution in [0.15, 0.2) is 36.4 Å². The summed E-state index contributed by atoms with van der Waals surface area (Å²) in [7, 11) is 1.48. The van der Waals surface area contributed by atoms with Crippen LogP contribution in [0.1, 0.15) is 22.7 Å². The molecule has 3 N–H and O–H groups in total. The Hall–Kier alpha value is -1.98. The van der Waals surface area contributed by atoms with Gasteiger partial charge in [-0.25, -0.2) is 8.78 Å². The fourth-order valence-corrected chi connectivity index (χ4v) is 2.28. The molecule has 2 aromatic rings. The summed E-state index contributed by atoms with van der Waals surface area (Å²) < 4.78 is 32.2. The Balaban J connectivity index is 2.27. The van der Waals surface area contributed by atoms with Crippen molar-refractivity contribution in [3.8, 4) is 5.75 Å². The predicted octanol–water partition coefficient (Wildman–Crippen LogP) is 3.03. The van der Waals surface area contributed by atoms with E-state index in [1.54, 1.807) is 18.2 Å². The topological polar surface area (TPSA) is 47.3 Å². The SMILES string of the molecule is COc1ccc(C(Cc2ccc(F)cc2C)NN)c(F)c1. The molecular formula is C16H18F2N2O. The highest BCUT2D eigenvalue weighted by Gasteiger charge is 2.17. The molecule has 0 saturated carbocycles. The van der Waals surface area contributed by atoms with Crippen LogP contribution in [0.3, 0.4) is 0 Å². The highest BCUT2D eigenvalue weighted by Crippen LogP contribution is 2.25. The van der Waals surface area contributed by atoms with Crippen molar-refractivity contribution in [2.75, 3.05) is 7.11 Å². The second kappa shape index (κ2) is 6.65. The molecule has 3 nitrogen and oxygen atoms in total. The summed E-state index contributed by atoms with van der Waals surface area (Å²) in [4.78, 5) is 0. The average Bonchev–Trinajstić information content (AvgIpc) is 2.47. The summed E-state index contributed by atoms with van der Waals surface area (Å²) in [6.45, 7) is 1.82. The van der Waals surface area contributed by atoms with E-state index in [2.05, 4.69) is 5.43 Å². The summed E-state index contributed by atoms with van der Waals surface area (Å²) >= 11 is 0. The second-order valence-electron chi connectivity index (χ2n) is 4.88. The number of nitrogens with one attached hydrogen (secondary N) is 1. The van der Waals surface area contributed by atoms with Gasteiger partial charge in [0.05, 0.1) is 13.2 Å². The lowest BCUT2D eigenvalue weighted by molar-refractivity contribution is 0.409. The third-order valence-electron chi connectivity index (χ3n) is 3.51. The van der Waals surface area contributed by atoms with E-state index in [0.717, 1.165) is 11.1 Å². The third kappa shape index (κ3) is 3.56. The van der Waals surface area contributed by atoms with Gasteiger partial charge in [0.1, 0.15) is 17.4 Å². The molecular weight excluding hydrogens is 274 g/mol. The van der Waals surface area contributed by atoms with E-state index in [-0.39, 0.29) is 5.82 Å². The maximum absolute atomic E-state index is 14.1. The fourth-order valence-electron chi connectivity index (χ4n) is 2.28. The van der Waals surface area contributed by atoms with Gasteiger partial charge in [0.25, 0.3) is 0 Å². The van der Waals surface area contributed by atoms with Gasteiger partial charge in [-0.3, -0.25) is 11.3 Å². The van der Waals surface area contributed by atoms with Gasteiger partial charge in [0.2, 0.25) is 0 Å². The van der Waals surface area contributed by atoms with E-state index in [4.69, 9.17) is 10.6 Å². The first-order chi connectivity index (χ1) is 10.0. The molecule has 2 rings (SSSR count). The van der Waals surface area contributed by atoms with Crippen molar-refractivity contribution in [2.45, 2.75) is 19.4 Å². The van der Waals surface area contributed by atoms with Gasteiger partial charge in [-0.15, -0.1) is 0 Å². The van der Waals surface area contributed by atoms with E-state index in [0.29, 0.717) is 17.7 Å². The Kier molecular flexibility index (Phi) is 4.88. The highest BCUT2D eigenvalue weighted by molar-refractivity contribution is 5.33. The van der Waals surface area contributed by atoms with Crippen LogP contribution in [-0.4, -0.2) is 7.11 Å². The van der Waals surface area contributed by atoms with E-state index in [1.807, 2.05) is 6.92 Å². The van der Waals surface area contributed by atoms with Crippen molar-refractivity contribution in [2.24, 2.45) is 5.84 Å². The van der Waals surface area contributed by atoms with Gasteiger partial charge in [-0.1, -0.05) is 12.1 Å². The third-order valence-corrected chi connectivity index (χ3v) is 3.51. The van der Waals surface area contributed by atoms with Gasteiger partial charge in [-0.2, -0.15) is 0 Å². The first kappa shape index (κ1) is 15.4. The summed E-state index contributed by atoms with van der Waals surface area (Å²) in [5.74, 6) is 5.32. The molecule has 0 aliphatic rings. The van der Waals surface area contributed by atoms with Crippen molar-refractivity contribution in [3.63, 3.8) is 0 Å². The summed E-state index contributed by atoms with van der Waals surface area (Å²) in [5.41, 5.74) is 4.78. The van der Waals surface area contributed by atoms with Crippen LogP contribution in [-0.2, 0) is 6.42 Å². The largest absolute Gasteiger partial charge is 0.497 e. The summed E-state index contributed by atoms with van der Waals surface area (Å²) in [6, 6.07) is 8.76. The molecule has 0 bridgehead atoms. The monoisotopic (exact) mass is 292 g/mol. The van der Waals surface area contributed by atoms with Crippen molar-refractivity contribution in [1.29, 1.82) is 0 Å². The lowest BCUT2D eigenvalue weighted by atomic mass is 9.96. The zero-order valence-corrected chi connectivity index (χ0v) is 12.0. The summed E-state index contributed by atoms with van der Waals surface area (Å²) in [6.07, 6.45) is 0.464. The van der Waals surface area contributed by atoms with Crippen molar-refractivity contribution in [1.82, 2.24) is 5.43 Å². The highest BCUT2D eigenvalue weighted by atomic mass is 19.1. The molecule has 112 valence electrons. The quantitative estimate of drug-likeness (QED) is 0.658. The molecule has 0 aliphatic heterocycles. The number of hydrogen-bond acceptors (Lipinski definition) is 3. The Bertz CT molecular complexity index is 632. The van der Waals surface area contributed by atoms with Gasteiger partial charge >= 0.3 is 0 Å². The normalized spacial score (nSPS) is 12.2. The van der Waals surface area contributed by atoms with Crippen LogP contribution in [0.2, 0.25) is 0 Å². The second-order valence-corrected chi connectivity index (χ2v) is 4.88. The van der Waals surface area contributed by atoms with Gasteiger partial charge < -0.3 is 4.74 Å². The van der Waals surface area contributed by atoms with Crippen LogP contribution in [0.5, 0.6) is 5.75 Å². The Labute approximate surface area is 122 Å². The van der Waals surface area contributed by atoms with Gasteiger partial charge in [0.15, 0.2) is 0 Å². The molecule has 0 aromatic heterocycles. The maximum Gasteiger partial charge on any atom is 0.131 e. The van der Waals surface area contributed by atoms with Crippen LogP contribution in [0.25, 0.3) is 0 Å². The van der Waals surface area contributed by atoms with E-state index < -0.39 is 11.9 Å². The van der Waals surface area contributed by atoms with Gasteiger partial charge in [-0.05, 0) is 42.7 Å². The van der Waals surface area contributed by atoms with Crippen LogP contribution in [0, 0.1) is 18.6 Å². The van der Waals surface area contributed by atoms with Crippen molar-refractivity contribution < 1.29 is 13.5 Å². The molecule has 21 heavy (non-hydrogen) atoms. The number of hydrazine groups is 1. The molecule has 0 fully saturated rings. The number of methoxy groups -OCH3 is 1. The predicted molar refractivity (Wildman–Crippen MR) is 77.9 cm³/mol. The van der Waals surface area contributed by atoms with Crippen molar-refractivity contribution >= 4 is 0 Å². The van der Waals surface area contributed by atoms with Crippen molar-refractivity contribution in [3.05, 3.63) is 64.7 Å². The van der Waals surface area contributed by atoms with E-state index in [9.17, 15) is 8.78 Å². The fraction of sp³-hybridized carbons (Fsp3) is 0.250. The number of rotatable bonds is 5. The van der Waals surface area contributed by atoms with Crippen LogP contribution in [0.4, 0.5) is 8.78 Å². The lowest BCUT2D eigenvalue weighted by Crippen LogP contribution is -2.30. The minimum absolute atomic E-state index is 0.288. The molecule has 0 heterocycles. The molecule has 2 aromatic carbocycles. The zero-order valence-electron chi connectivity index (χ0n) is 12.0. The molecule has 0 radical (unpaired) electrons. The molecule has 1 atom stereocenters. The molecule has 0 saturated heterocycles. The minimum atomic E-state index is -0.403. The Morgan fingerprint density at radius 3 is 2.52 bits per heavy atom. The molecule has 0 spiro atoms. The van der Waals surface area contributed by atoms with E-state index >= 15 is 0 Å². The Morgan fingerprint density at radius 2 is 1.95 bits per heavy atom.